The molecule has 65 valence electrons. The standard InChI is InChI=1S/C8H18N3/c1-9-6-8-7-10-4-3-5-11(8)2/h8-9H,3-7H2,1-2H3. The second-order valence-electron chi connectivity index (χ2n) is 3.18. The summed E-state index contributed by atoms with van der Waals surface area (Å²) < 4.78 is 0. The molecular formula is C8H18N3. The fourth-order valence-electron chi connectivity index (χ4n) is 1.45. The molecule has 0 aromatic heterocycles. The summed E-state index contributed by atoms with van der Waals surface area (Å²) in [6.45, 7) is 4.29. The van der Waals surface area contributed by atoms with E-state index >= 15 is 0 Å². The molecular weight excluding hydrogens is 138 g/mol. The fraction of sp³-hybridized carbons (Fsp3) is 1.00. The summed E-state index contributed by atoms with van der Waals surface area (Å²) in [5.41, 5.74) is 0. The van der Waals surface area contributed by atoms with Crippen LogP contribution in [-0.4, -0.2) is 51.2 Å². The monoisotopic (exact) mass is 156 g/mol. The van der Waals surface area contributed by atoms with Gasteiger partial charge >= 0.3 is 0 Å². The first-order valence-electron chi connectivity index (χ1n) is 4.32. The van der Waals surface area contributed by atoms with Crippen LogP contribution >= 0.6 is 0 Å². The Balaban J connectivity index is 2.32. The summed E-state index contributed by atoms with van der Waals surface area (Å²) in [5, 5.41) is 7.63. The lowest BCUT2D eigenvalue weighted by atomic mass is 10.2. The van der Waals surface area contributed by atoms with Crippen molar-refractivity contribution in [1.82, 2.24) is 15.5 Å². The number of rotatable bonds is 2. The Morgan fingerprint density at radius 2 is 2.45 bits per heavy atom. The van der Waals surface area contributed by atoms with Crippen LogP contribution in [0.1, 0.15) is 6.42 Å². The van der Waals surface area contributed by atoms with Gasteiger partial charge in [-0.1, -0.05) is 0 Å². The van der Waals surface area contributed by atoms with Crippen molar-refractivity contribution >= 4 is 0 Å². The predicted octanol–water partition coefficient (Wildman–Crippen LogP) is -0.486. The van der Waals surface area contributed by atoms with Crippen molar-refractivity contribution in [2.75, 3.05) is 40.3 Å². The van der Waals surface area contributed by atoms with Gasteiger partial charge < -0.3 is 10.2 Å². The molecule has 1 saturated heterocycles. The molecule has 0 saturated carbocycles. The zero-order valence-electron chi connectivity index (χ0n) is 7.51. The minimum atomic E-state index is 0.613. The summed E-state index contributed by atoms with van der Waals surface area (Å²) >= 11 is 0. The third kappa shape index (κ3) is 2.77. The lowest BCUT2D eigenvalue weighted by Crippen LogP contribution is -2.42. The summed E-state index contributed by atoms with van der Waals surface area (Å²) in [5.74, 6) is 0. The number of hydrogen-bond donors (Lipinski definition) is 1. The van der Waals surface area contributed by atoms with Gasteiger partial charge in [-0.3, -0.25) is 0 Å². The lowest BCUT2D eigenvalue weighted by Gasteiger charge is -2.24. The first kappa shape index (κ1) is 8.97. The molecule has 3 heteroatoms. The van der Waals surface area contributed by atoms with Gasteiger partial charge in [-0.2, -0.15) is 0 Å². The maximum absolute atomic E-state index is 4.44. The highest BCUT2D eigenvalue weighted by molar-refractivity contribution is 4.76. The molecule has 0 aliphatic carbocycles. The maximum Gasteiger partial charge on any atom is 0.0358 e. The molecule has 0 aromatic rings. The zero-order chi connectivity index (χ0) is 8.10. The van der Waals surface area contributed by atoms with Crippen molar-refractivity contribution in [1.29, 1.82) is 0 Å². The van der Waals surface area contributed by atoms with E-state index in [1.807, 2.05) is 7.05 Å². The predicted molar refractivity (Wildman–Crippen MR) is 46.8 cm³/mol. The Hall–Kier alpha value is -0.120. The molecule has 0 bridgehead atoms. The first-order chi connectivity index (χ1) is 5.34. The highest BCUT2D eigenvalue weighted by Crippen LogP contribution is 2.00. The summed E-state index contributed by atoms with van der Waals surface area (Å²) in [6.07, 6.45) is 1.22. The van der Waals surface area contributed by atoms with E-state index in [1.54, 1.807) is 0 Å². The summed E-state index contributed by atoms with van der Waals surface area (Å²) in [7, 11) is 4.18. The first-order valence-corrected chi connectivity index (χ1v) is 4.32. The molecule has 1 atom stereocenters. The summed E-state index contributed by atoms with van der Waals surface area (Å²) in [4.78, 5) is 2.40. The van der Waals surface area contributed by atoms with E-state index in [0.717, 1.165) is 19.6 Å². The number of likely N-dealkylation sites (N-methyl/N-ethyl adjacent to an activating group) is 2. The molecule has 1 unspecified atom stereocenters. The normalized spacial score (nSPS) is 28.4. The van der Waals surface area contributed by atoms with Gasteiger partial charge in [0.15, 0.2) is 0 Å². The molecule has 0 aromatic carbocycles. The molecule has 1 aliphatic heterocycles. The second kappa shape index (κ2) is 4.70. The van der Waals surface area contributed by atoms with Gasteiger partial charge in [0, 0.05) is 25.7 Å². The van der Waals surface area contributed by atoms with Crippen LogP contribution < -0.4 is 10.6 Å². The Labute approximate surface area is 69.1 Å². The molecule has 1 N–H and O–H groups in total. The fourth-order valence-corrected chi connectivity index (χ4v) is 1.45. The van der Waals surface area contributed by atoms with Gasteiger partial charge in [-0.15, -0.1) is 0 Å². The Morgan fingerprint density at radius 3 is 3.18 bits per heavy atom. The highest BCUT2D eigenvalue weighted by Gasteiger charge is 2.16. The molecule has 1 radical (unpaired) electrons. The molecule has 11 heavy (non-hydrogen) atoms. The molecule has 3 nitrogen and oxygen atoms in total. The number of hydrogen-bond acceptors (Lipinski definition) is 2. The molecule has 1 heterocycles. The maximum atomic E-state index is 4.44. The molecule has 1 rings (SSSR count). The zero-order valence-corrected chi connectivity index (χ0v) is 7.51. The number of nitrogens with zero attached hydrogens (tertiary/aromatic N) is 2. The van der Waals surface area contributed by atoms with Crippen molar-refractivity contribution in [3.8, 4) is 0 Å². The van der Waals surface area contributed by atoms with Gasteiger partial charge in [-0.25, -0.2) is 5.32 Å². The van der Waals surface area contributed by atoms with Gasteiger partial charge in [0.25, 0.3) is 0 Å². The Morgan fingerprint density at radius 1 is 1.64 bits per heavy atom. The minimum absolute atomic E-state index is 0.613. The quantitative estimate of drug-likeness (QED) is 0.585. The van der Waals surface area contributed by atoms with E-state index in [2.05, 4.69) is 22.6 Å². The number of nitrogens with one attached hydrogen (secondary N) is 1. The Kier molecular flexibility index (Phi) is 3.83. The Bertz CT molecular complexity index is 106. The van der Waals surface area contributed by atoms with Crippen LogP contribution in [-0.2, 0) is 0 Å². The van der Waals surface area contributed by atoms with Crippen LogP contribution in [0, 0.1) is 0 Å². The molecule has 0 amide bonds. The largest absolute Gasteiger partial charge is 0.318 e. The van der Waals surface area contributed by atoms with Gasteiger partial charge in [0.1, 0.15) is 0 Å². The van der Waals surface area contributed by atoms with Crippen molar-refractivity contribution in [2.24, 2.45) is 0 Å². The SMILES string of the molecule is CNCC1C[N]CCCN1C. The third-order valence-corrected chi connectivity index (χ3v) is 2.23. The van der Waals surface area contributed by atoms with E-state index in [4.69, 9.17) is 0 Å². The second-order valence-corrected chi connectivity index (χ2v) is 3.18. The van der Waals surface area contributed by atoms with Crippen LogP contribution in [0.15, 0.2) is 0 Å². The molecule has 1 fully saturated rings. The van der Waals surface area contributed by atoms with Crippen molar-refractivity contribution in [3.63, 3.8) is 0 Å². The molecule has 1 aliphatic rings. The third-order valence-electron chi connectivity index (χ3n) is 2.23. The average molecular weight is 156 g/mol. The van der Waals surface area contributed by atoms with Crippen LogP contribution in [0.2, 0.25) is 0 Å². The average Bonchev–Trinajstić information content (AvgIpc) is 2.18. The lowest BCUT2D eigenvalue weighted by molar-refractivity contribution is 0.253. The summed E-state index contributed by atoms with van der Waals surface area (Å²) in [6, 6.07) is 0.613. The van der Waals surface area contributed by atoms with Gasteiger partial charge in [0.05, 0.1) is 0 Å². The highest BCUT2D eigenvalue weighted by atomic mass is 15.2. The van der Waals surface area contributed by atoms with Crippen molar-refractivity contribution < 1.29 is 0 Å². The van der Waals surface area contributed by atoms with Crippen LogP contribution in [0.25, 0.3) is 0 Å². The van der Waals surface area contributed by atoms with Crippen LogP contribution in [0.5, 0.6) is 0 Å². The molecule has 0 spiro atoms. The van der Waals surface area contributed by atoms with E-state index in [9.17, 15) is 0 Å². The van der Waals surface area contributed by atoms with Crippen molar-refractivity contribution in [3.05, 3.63) is 0 Å². The van der Waals surface area contributed by atoms with E-state index in [0.29, 0.717) is 6.04 Å². The minimum Gasteiger partial charge on any atom is -0.318 e. The van der Waals surface area contributed by atoms with Gasteiger partial charge in [-0.05, 0) is 27.1 Å². The smallest absolute Gasteiger partial charge is 0.0358 e. The van der Waals surface area contributed by atoms with Gasteiger partial charge in [0.2, 0.25) is 0 Å². The van der Waals surface area contributed by atoms with Crippen molar-refractivity contribution in [2.45, 2.75) is 12.5 Å². The van der Waals surface area contributed by atoms with Crippen LogP contribution in [0.3, 0.4) is 0 Å². The van der Waals surface area contributed by atoms with E-state index in [1.165, 1.54) is 13.0 Å². The van der Waals surface area contributed by atoms with E-state index in [-0.39, 0.29) is 0 Å². The van der Waals surface area contributed by atoms with E-state index < -0.39 is 0 Å². The topological polar surface area (TPSA) is 29.4 Å². The van der Waals surface area contributed by atoms with Crippen LogP contribution in [0.4, 0.5) is 0 Å².